The number of carbonyl (C=O) groups excluding carboxylic acids is 1. The molecule has 0 radical (unpaired) electrons. The molecule has 0 aromatic carbocycles. The van der Waals surface area contributed by atoms with E-state index in [1.54, 1.807) is 0 Å². The Labute approximate surface area is 134 Å². The largest absolute Gasteiger partial charge is 0.336 e. The third kappa shape index (κ3) is 4.83. The van der Waals surface area contributed by atoms with Crippen LogP contribution in [-0.2, 0) is 14.6 Å². The van der Waals surface area contributed by atoms with Crippen molar-refractivity contribution in [1.29, 1.82) is 0 Å². The van der Waals surface area contributed by atoms with Crippen molar-refractivity contribution in [2.45, 2.75) is 51.1 Å². The van der Waals surface area contributed by atoms with E-state index < -0.39 is 9.84 Å². The Morgan fingerprint density at radius 2 is 1.90 bits per heavy atom. The average molecular weight is 339 g/mol. The number of hydrogen-bond donors (Lipinski definition) is 1. The van der Waals surface area contributed by atoms with E-state index in [4.69, 9.17) is 5.73 Å². The molecule has 0 heterocycles. The number of nitrogens with zero attached hydrogens (tertiary/aromatic N) is 1. The maximum atomic E-state index is 12.8. The summed E-state index contributed by atoms with van der Waals surface area (Å²) in [6, 6.07) is 0.0160. The molecule has 0 aliphatic heterocycles. The highest BCUT2D eigenvalue weighted by molar-refractivity contribution is 7.90. The van der Waals surface area contributed by atoms with Crippen LogP contribution in [0.4, 0.5) is 0 Å². The highest BCUT2D eigenvalue weighted by Gasteiger charge is 2.42. The molecule has 0 bridgehead atoms. The minimum atomic E-state index is -3.07. The van der Waals surface area contributed by atoms with Crippen LogP contribution in [0.3, 0.4) is 0 Å². The van der Waals surface area contributed by atoms with Crippen molar-refractivity contribution in [3.05, 3.63) is 0 Å². The Hall–Kier alpha value is -0.330. The standard InChI is InChI=1S/C14H26N2O3S.ClH/c1-10(9-20(2,18)19)16(12-6-7-12)14(17)13-5-3-4-11(13)8-15;/h10-13H,3-9,15H2,1-2H3;1H/t10?,11-,13-;/m1./s1. The van der Waals surface area contributed by atoms with Gasteiger partial charge in [0.05, 0.1) is 5.75 Å². The molecule has 2 aliphatic rings. The van der Waals surface area contributed by atoms with Gasteiger partial charge in [-0.25, -0.2) is 8.42 Å². The molecular formula is C14H27ClN2O3S. The van der Waals surface area contributed by atoms with E-state index in [9.17, 15) is 13.2 Å². The first-order valence-electron chi connectivity index (χ1n) is 7.53. The van der Waals surface area contributed by atoms with Gasteiger partial charge in [0.1, 0.15) is 9.84 Å². The van der Waals surface area contributed by atoms with Crippen LogP contribution in [0.15, 0.2) is 0 Å². The first-order chi connectivity index (χ1) is 9.33. The minimum Gasteiger partial charge on any atom is -0.336 e. The molecule has 0 spiro atoms. The van der Waals surface area contributed by atoms with Gasteiger partial charge < -0.3 is 10.6 Å². The molecular weight excluding hydrogens is 312 g/mol. The predicted octanol–water partition coefficient (Wildman–Crippen LogP) is 1.21. The minimum absolute atomic E-state index is 0. The summed E-state index contributed by atoms with van der Waals surface area (Å²) in [5.74, 6) is 0.461. The third-order valence-electron chi connectivity index (χ3n) is 4.49. The number of hydrogen-bond acceptors (Lipinski definition) is 4. The molecule has 2 aliphatic carbocycles. The molecule has 7 heteroatoms. The third-order valence-corrected chi connectivity index (χ3v) is 5.58. The lowest BCUT2D eigenvalue weighted by Crippen LogP contribution is -2.47. The van der Waals surface area contributed by atoms with Crippen LogP contribution >= 0.6 is 12.4 Å². The van der Waals surface area contributed by atoms with Crippen LogP contribution in [-0.4, -0.2) is 49.9 Å². The summed E-state index contributed by atoms with van der Waals surface area (Å²) in [7, 11) is -3.07. The van der Waals surface area contributed by atoms with E-state index in [2.05, 4.69) is 0 Å². The van der Waals surface area contributed by atoms with Crippen molar-refractivity contribution in [2.24, 2.45) is 17.6 Å². The molecule has 0 aromatic heterocycles. The normalized spacial score (nSPS) is 27.0. The molecule has 21 heavy (non-hydrogen) atoms. The number of carbonyl (C=O) groups is 1. The van der Waals surface area contributed by atoms with Crippen LogP contribution in [0.1, 0.15) is 39.0 Å². The highest BCUT2D eigenvalue weighted by atomic mass is 35.5. The van der Waals surface area contributed by atoms with Crippen molar-refractivity contribution >= 4 is 28.2 Å². The highest BCUT2D eigenvalue weighted by Crippen LogP contribution is 2.37. The monoisotopic (exact) mass is 338 g/mol. The molecule has 2 rings (SSSR count). The van der Waals surface area contributed by atoms with Crippen molar-refractivity contribution in [3.63, 3.8) is 0 Å². The average Bonchev–Trinajstić information content (AvgIpc) is 3.03. The van der Waals surface area contributed by atoms with Gasteiger partial charge in [0, 0.05) is 24.3 Å². The Balaban J connectivity index is 0.00000220. The fourth-order valence-electron chi connectivity index (χ4n) is 3.46. The van der Waals surface area contributed by atoms with Crippen LogP contribution in [0.25, 0.3) is 0 Å². The summed E-state index contributed by atoms with van der Waals surface area (Å²) in [6.45, 7) is 2.40. The van der Waals surface area contributed by atoms with Gasteiger partial charge in [-0.2, -0.15) is 0 Å². The SMILES string of the molecule is CC(CS(C)(=O)=O)N(C(=O)[C@@H]1CCC[C@@H]1CN)C1CC1.Cl. The number of amides is 1. The van der Waals surface area contributed by atoms with E-state index in [1.165, 1.54) is 6.26 Å². The summed E-state index contributed by atoms with van der Waals surface area (Å²) in [6.07, 6.45) is 6.20. The van der Waals surface area contributed by atoms with Crippen LogP contribution < -0.4 is 5.73 Å². The molecule has 2 saturated carbocycles. The number of nitrogens with two attached hydrogens (primary N) is 1. The van der Waals surface area contributed by atoms with E-state index in [0.29, 0.717) is 6.54 Å². The van der Waals surface area contributed by atoms with E-state index in [1.807, 2.05) is 11.8 Å². The molecule has 2 fully saturated rings. The van der Waals surface area contributed by atoms with E-state index in [0.717, 1.165) is 32.1 Å². The zero-order valence-corrected chi connectivity index (χ0v) is 14.5. The molecule has 0 aromatic rings. The molecule has 124 valence electrons. The van der Waals surface area contributed by atoms with Crippen molar-refractivity contribution < 1.29 is 13.2 Å². The van der Waals surface area contributed by atoms with Crippen LogP contribution in [0.5, 0.6) is 0 Å². The second-order valence-corrected chi connectivity index (χ2v) is 8.64. The van der Waals surface area contributed by atoms with Gasteiger partial charge in [0.15, 0.2) is 0 Å². The molecule has 3 atom stereocenters. The maximum Gasteiger partial charge on any atom is 0.226 e. The Bertz CT molecular complexity index is 465. The maximum absolute atomic E-state index is 12.8. The molecule has 1 unspecified atom stereocenters. The lowest BCUT2D eigenvalue weighted by molar-refractivity contribution is -0.138. The van der Waals surface area contributed by atoms with E-state index in [-0.39, 0.29) is 48.0 Å². The number of halogens is 1. The Morgan fingerprint density at radius 1 is 1.29 bits per heavy atom. The summed E-state index contributed by atoms with van der Waals surface area (Å²) in [4.78, 5) is 14.6. The van der Waals surface area contributed by atoms with Crippen molar-refractivity contribution in [1.82, 2.24) is 4.90 Å². The lowest BCUT2D eigenvalue weighted by atomic mass is 9.94. The number of sulfone groups is 1. The topological polar surface area (TPSA) is 80.5 Å². The Kier molecular flexibility index (Phi) is 6.50. The fraction of sp³-hybridized carbons (Fsp3) is 0.929. The van der Waals surface area contributed by atoms with E-state index >= 15 is 0 Å². The zero-order valence-electron chi connectivity index (χ0n) is 12.8. The first-order valence-corrected chi connectivity index (χ1v) is 9.59. The van der Waals surface area contributed by atoms with Gasteiger partial charge in [-0.1, -0.05) is 6.42 Å². The van der Waals surface area contributed by atoms with Gasteiger partial charge in [-0.3, -0.25) is 4.79 Å². The van der Waals surface area contributed by atoms with Gasteiger partial charge in [-0.15, -0.1) is 12.4 Å². The molecule has 1 amide bonds. The van der Waals surface area contributed by atoms with Gasteiger partial charge in [-0.05, 0) is 45.1 Å². The van der Waals surface area contributed by atoms with Crippen molar-refractivity contribution in [2.75, 3.05) is 18.6 Å². The Morgan fingerprint density at radius 3 is 2.38 bits per heavy atom. The zero-order chi connectivity index (χ0) is 14.9. The summed E-state index contributed by atoms with van der Waals surface area (Å²) in [5.41, 5.74) is 5.77. The van der Waals surface area contributed by atoms with Crippen molar-refractivity contribution in [3.8, 4) is 0 Å². The fourth-order valence-corrected chi connectivity index (χ4v) is 4.50. The second kappa shape index (κ2) is 7.29. The summed E-state index contributed by atoms with van der Waals surface area (Å²) >= 11 is 0. The molecule has 0 saturated heterocycles. The predicted molar refractivity (Wildman–Crippen MR) is 86.2 cm³/mol. The summed E-state index contributed by atoms with van der Waals surface area (Å²) < 4.78 is 23.0. The molecule has 2 N–H and O–H groups in total. The lowest BCUT2D eigenvalue weighted by Gasteiger charge is -2.33. The smallest absolute Gasteiger partial charge is 0.226 e. The van der Waals surface area contributed by atoms with Gasteiger partial charge in [0.25, 0.3) is 0 Å². The van der Waals surface area contributed by atoms with Gasteiger partial charge in [0.2, 0.25) is 5.91 Å². The van der Waals surface area contributed by atoms with Crippen LogP contribution in [0, 0.1) is 11.8 Å². The molecule has 5 nitrogen and oxygen atoms in total. The summed E-state index contributed by atoms with van der Waals surface area (Å²) in [5, 5.41) is 0. The second-order valence-electron chi connectivity index (χ2n) is 6.45. The quantitative estimate of drug-likeness (QED) is 0.789. The first kappa shape index (κ1) is 18.7. The van der Waals surface area contributed by atoms with Crippen LogP contribution in [0.2, 0.25) is 0 Å². The van der Waals surface area contributed by atoms with Gasteiger partial charge >= 0.3 is 0 Å². The number of rotatable bonds is 6.